The molecule has 0 aromatic rings. The summed E-state index contributed by atoms with van der Waals surface area (Å²) in [6.45, 7) is 4.61. The van der Waals surface area contributed by atoms with Crippen LogP contribution >= 0.6 is 12.6 Å². The van der Waals surface area contributed by atoms with E-state index in [2.05, 4.69) is 26.5 Å². The van der Waals surface area contributed by atoms with Crippen molar-refractivity contribution in [1.29, 1.82) is 0 Å². The van der Waals surface area contributed by atoms with Crippen LogP contribution in [0, 0.1) is 5.41 Å². The summed E-state index contributed by atoms with van der Waals surface area (Å²) >= 11 is 4.47. The second-order valence-electron chi connectivity index (χ2n) is 3.40. The van der Waals surface area contributed by atoms with Crippen molar-refractivity contribution < 1.29 is 0 Å². The van der Waals surface area contributed by atoms with Gasteiger partial charge in [-0.25, -0.2) is 0 Å². The van der Waals surface area contributed by atoms with E-state index < -0.39 is 0 Å². The minimum atomic E-state index is 0.517. The van der Waals surface area contributed by atoms with E-state index in [0.29, 0.717) is 10.7 Å². The van der Waals surface area contributed by atoms with E-state index in [1.54, 1.807) is 0 Å². The SMILES string of the molecule is CC1(C)CCCC1S. The molecule has 1 atom stereocenters. The van der Waals surface area contributed by atoms with Crippen molar-refractivity contribution >= 4 is 12.6 Å². The summed E-state index contributed by atoms with van der Waals surface area (Å²) in [7, 11) is 0. The molecular formula is C7H14S. The van der Waals surface area contributed by atoms with Crippen LogP contribution in [0.15, 0.2) is 0 Å². The topological polar surface area (TPSA) is 0 Å². The monoisotopic (exact) mass is 130 g/mol. The van der Waals surface area contributed by atoms with Crippen LogP contribution in [0.4, 0.5) is 0 Å². The van der Waals surface area contributed by atoms with Crippen molar-refractivity contribution in [1.82, 2.24) is 0 Å². The van der Waals surface area contributed by atoms with Crippen molar-refractivity contribution in [2.24, 2.45) is 5.41 Å². The van der Waals surface area contributed by atoms with Gasteiger partial charge < -0.3 is 0 Å². The molecule has 1 unspecified atom stereocenters. The van der Waals surface area contributed by atoms with E-state index in [1.807, 2.05) is 0 Å². The Morgan fingerprint density at radius 2 is 2.12 bits per heavy atom. The normalized spacial score (nSPS) is 35.6. The van der Waals surface area contributed by atoms with Gasteiger partial charge in [-0.15, -0.1) is 0 Å². The van der Waals surface area contributed by atoms with Crippen LogP contribution in [0.3, 0.4) is 0 Å². The molecule has 0 heterocycles. The van der Waals surface area contributed by atoms with Gasteiger partial charge in [0.05, 0.1) is 0 Å². The van der Waals surface area contributed by atoms with Crippen molar-refractivity contribution in [3.8, 4) is 0 Å². The predicted octanol–water partition coefficient (Wildman–Crippen LogP) is 2.49. The molecule has 1 rings (SSSR count). The highest BCUT2D eigenvalue weighted by molar-refractivity contribution is 7.81. The first-order valence-electron chi connectivity index (χ1n) is 3.31. The summed E-state index contributed by atoms with van der Waals surface area (Å²) in [4.78, 5) is 0. The molecule has 0 bridgehead atoms. The molecule has 0 saturated heterocycles. The van der Waals surface area contributed by atoms with Crippen molar-refractivity contribution in [3.05, 3.63) is 0 Å². The van der Waals surface area contributed by atoms with Gasteiger partial charge in [0, 0.05) is 5.25 Å². The molecule has 1 saturated carbocycles. The molecular weight excluding hydrogens is 116 g/mol. The molecule has 0 N–H and O–H groups in total. The van der Waals surface area contributed by atoms with Crippen molar-refractivity contribution in [2.75, 3.05) is 0 Å². The van der Waals surface area contributed by atoms with E-state index in [1.165, 1.54) is 19.3 Å². The molecule has 8 heavy (non-hydrogen) atoms. The largest absolute Gasteiger partial charge is 0.175 e. The molecule has 1 aliphatic carbocycles. The molecule has 1 fully saturated rings. The Bertz CT molecular complexity index is 86.4. The summed E-state index contributed by atoms with van der Waals surface area (Å²) in [6, 6.07) is 0. The van der Waals surface area contributed by atoms with E-state index in [-0.39, 0.29) is 0 Å². The highest BCUT2D eigenvalue weighted by atomic mass is 32.1. The Morgan fingerprint density at radius 1 is 1.50 bits per heavy atom. The van der Waals surface area contributed by atoms with Gasteiger partial charge in [-0.2, -0.15) is 12.6 Å². The second-order valence-corrected chi connectivity index (χ2v) is 4.02. The average molecular weight is 130 g/mol. The van der Waals surface area contributed by atoms with Gasteiger partial charge in [-0.3, -0.25) is 0 Å². The maximum atomic E-state index is 4.47. The van der Waals surface area contributed by atoms with Gasteiger partial charge in [0.1, 0.15) is 0 Å². The molecule has 0 aromatic heterocycles. The van der Waals surface area contributed by atoms with Gasteiger partial charge in [0.25, 0.3) is 0 Å². The van der Waals surface area contributed by atoms with Crippen LogP contribution in [-0.2, 0) is 0 Å². The fraction of sp³-hybridized carbons (Fsp3) is 1.00. The van der Waals surface area contributed by atoms with Gasteiger partial charge in [0.15, 0.2) is 0 Å². The summed E-state index contributed by atoms with van der Waals surface area (Å²) in [5, 5.41) is 0.655. The Morgan fingerprint density at radius 3 is 2.25 bits per heavy atom. The molecule has 1 heteroatoms. The van der Waals surface area contributed by atoms with E-state index in [0.717, 1.165) is 0 Å². The third kappa shape index (κ3) is 1.02. The second kappa shape index (κ2) is 1.94. The lowest BCUT2D eigenvalue weighted by Crippen LogP contribution is -2.16. The molecule has 1 aliphatic rings. The van der Waals surface area contributed by atoms with Gasteiger partial charge in [-0.05, 0) is 18.3 Å². The standard InChI is InChI=1S/C7H14S/c1-7(2)5-3-4-6(7)8/h6,8H,3-5H2,1-2H3. The van der Waals surface area contributed by atoms with Crippen LogP contribution in [0.5, 0.6) is 0 Å². The van der Waals surface area contributed by atoms with Crippen LogP contribution in [0.25, 0.3) is 0 Å². The lowest BCUT2D eigenvalue weighted by Gasteiger charge is -2.21. The maximum absolute atomic E-state index is 4.47. The van der Waals surface area contributed by atoms with Crippen molar-refractivity contribution in [2.45, 2.75) is 38.4 Å². The molecule has 0 aromatic carbocycles. The summed E-state index contributed by atoms with van der Waals surface area (Å²) in [6.07, 6.45) is 4.05. The van der Waals surface area contributed by atoms with Crippen LogP contribution < -0.4 is 0 Å². The lowest BCUT2D eigenvalue weighted by molar-refractivity contribution is 0.394. The fourth-order valence-electron chi connectivity index (χ4n) is 1.31. The predicted molar refractivity (Wildman–Crippen MR) is 40.4 cm³/mol. The zero-order valence-corrected chi connectivity index (χ0v) is 6.54. The molecule has 0 radical (unpaired) electrons. The van der Waals surface area contributed by atoms with Crippen LogP contribution in [-0.4, -0.2) is 5.25 Å². The highest BCUT2D eigenvalue weighted by Crippen LogP contribution is 2.40. The van der Waals surface area contributed by atoms with E-state index in [9.17, 15) is 0 Å². The van der Waals surface area contributed by atoms with Gasteiger partial charge in [-0.1, -0.05) is 20.3 Å². The fourth-order valence-corrected chi connectivity index (χ4v) is 1.62. The Kier molecular flexibility index (Phi) is 1.57. The number of thiol groups is 1. The van der Waals surface area contributed by atoms with Gasteiger partial charge >= 0.3 is 0 Å². The molecule has 0 amide bonds. The molecule has 0 aliphatic heterocycles. The third-order valence-electron chi connectivity index (χ3n) is 2.20. The minimum Gasteiger partial charge on any atom is -0.175 e. The van der Waals surface area contributed by atoms with E-state index >= 15 is 0 Å². The first kappa shape index (κ1) is 6.47. The first-order valence-corrected chi connectivity index (χ1v) is 3.83. The zero-order chi connectivity index (χ0) is 6.20. The summed E-state index contributed by atoms with van der Waals surface area (Å²) in [5.41, 5.74) is 0.517. The molecule has 48 valence electrons. The third-order valence-corrected chi connectivity index (χ3v) is 3.16. The number of hydrogen-bond donors (Lipinski definition) is 1. The van der Waals surface area contributed by atoms with Crippen molar-refractivity contribution in [3.63, 3.8) is 0 Å². The van der Waals surface area contributed by atoms with Crippen LogP contribution in [0.2, 0.25) is 0 Å². The number of hydrogen-bond acceptors (Lipinski definition) is 1. The minimum absolute atomic E-state index is 0.517. The Hall–Kier alpha value is 0.350. The quantitative estimate of drug-likeness (QED) is 0.478. The first-order chi connectivity index (χ1) is 3.63. The van der Waals surface area contributed by atoms with Crippen LogP contribution in [0.1, 0.15) is 33.1 Å². The number of rotatable bonds is 0. The highest BCUT2D eigenvalue weighted by Gasteiger charge is 2.31. The molecule has 0 spiro atoms. The smallest absolute Gasteiger partial charge is 0.00680 e. The average Bonchev–Trinajstić information content (AvgIpc) is 1.86. The summed E-state index contributed by atoms with van der Waals surface area (Å²) in [5.74, 6) is 0. The van der Waals surface area contributed by atoms with E-state index in [4.69, 9.17) is 0 Å². The summed E-state index contributed by atoms with van der Waals surface area (Å²) < 4.78 is 0. The Balaban J connectivity index is 2.54. The maximum Gasteiger partial charge on any atom is 0.00680 e. The lowest BCUT2D eigenvalue weighted by atomic mass is 9.92. The molecule has 0 nitrogen and oxygen atoms in total. The Labute approximate surface area is 57.1 Å². The van der Waals surface area contributed by atoms with Gasteiger partial charge in [0.2, 0.25) is 0 Å². The zero-order valence-electron chi connectivity index (χ0n) is 5.65.